The number of amides is 3. The van der Waals surface area contributed by atoms with Crippen molar-refractivity contribution < 1.29 is 19.1 Å². The number of nitrogens with one attached hydrogen (secondary N) is 2. The van der Waals surface area contributed by atoms with Gasteiger partial charge in [-0.2, -0.15) is 0 Å². The number of H-pyrrole nitrogens is 1. The van der Waals surface area contributed by atoms with Crippen molar-refractivity contribution in [3.05, 3.63) is 36.0 Å². The Bertz CT molecular complexity index is 736. The summed E-state index contributed by atoms with van der Waals surface area (Å²) in [6, 6.07) is 6.59. The fraction of sp³-hybridized carbons (Fsp3) is 0.312. The molecule has 3 amide bonds. The van der Waals surface area contributed by atoms with Crippen molar-refractivity contribution >= 4 is 28.8 Å². The van der Waals surface area contributed by atoms with Crippen molar-refractivity contribution in [1.82, 2.24) is 10.3 Å². The van der Waals surface area contributed by atoms with Gasteiger partial charge < -0.3 is 15.5 Å². The van der Waals surface area contributed by atoms with Crippen LogP contribution in [-0.2, 0) is 20.7 Å². The molecule has 0 bridgehead atoms. The number of ether oxygens (including phenoxy) is 1. The van der Waals surface area contributed by atoms with E-state index in [1.165, 1.54) is 0 Å². The highest BCUT2D eigenvalue weighted by molar-refractivity contribution is 5.97. The molecule has 2 aromatic rings. The van der Waals surface area contributed by atoms with E-state index in [1.54, 1.807) is 20.0 Å². The molecule has 0 aliphatic rings. The van der Waals surface area contributed by atoms with Gasteiger partial charge in [0.25, 0.3) is 5.91 Å². The Hall–Kier alpha value is -2.83. The standard InChI is InChI=1S/C16H19N3O4/c1-9(2)14(15(21)19-16(17)22)23-13(20)7-10-8-18-12-6-4-3-5-11(10)12/h3-6,8-9,14,18H,7H2,1-2H3,(H3,17,19,21,22)/t14-/m1/s1. The van der Waals surface area contributed by atoms with Gasteiger partial charge in [-0.15, -0.1) is 0 Å². The molecule has 0 radical (unpaired) electrons. The van der Waals surface area contributed by atoms with Crippen LogP contribution in [0.4, 0.5) is 4.79 Å². The van der Waals surface area contributed by atoms with Crippen LogP contribution in [0.5, 0.6) is 0 Å². The molecular weight excluding hydrogens is 298 g/mol. The van der Waals surface area contributed by atoms with Crippen LogP contribution in [0.15, 0.2) is 30.5 Å². The summed E-state index contributed by atoms with van der Waals surface area (Å²) in [7, 11) is 0. The Labute approximate surface area is 133 Å². The predicted octanol–water partition coefficient (Wildman–Crippen LogP) is 1.47. The van der Waals surface area contributed by atoms with Gasteiger partial charge in [0.2, 0.25) is 0 Å². The molecule has 0 saturated carbocycles. The molecule has 0 fully saturated rings. The quantitative estimate of drug-likeness (QED) is 0.724. The van der Waals surface area contributed by atoms with Crippen LogP contribution in [0.2, 0.25) is 0 Å². The van der Waals surface area contributed by atoms with Crippen molar-refractivity contribution in [2.45, 2.75) is 26.4 Å². The fourth-order valence-corrected chi connectivity index (χ4v) is 2.30. The summed E-state index contributed by atoms with van der Waals surface area (Å²) in [4.78, 5) is 37.8. The van der Waals surface area contributed by atoms with Crippen LogP contribution in [-0.4, -0.2) is 29.0 Å². The van der Waals surface area contributed by atoms with Gasteiger partial charge in [0.1, 0.15) is 0 Å². The van der Waals surface area contributed by atoms with Gasteiger partial charge in [-0.25, -0.2) is 4.79 Å². The molecule has 0 aliphatic carbocycles. The Morgan fingerprint density at radius 1 is 1.26 bits per heavy atom. The van der Waals surface area contributed by atoms with E-state index < -0.39 is 24.0 Å². The first-order valence-electron chi connectivity index (χ1n) is 7.23. The molecular formula is C16H19N3O4. The molecule has 1 atom stereocenters. The number of imide groups is 1. The highest BCUT2D eigenvalue weighted by atomic mass is 16.5. The van der Waals surface area contributed by atoms with E-state index in [9.17, 15) is 14.4 Å². The Morgan fingerprint density at radius 3 is 2.61 bits per heavy atom. The first-order chi connectivity index (χ1) is 10.9. The topological polar surface area (TPSA) is 114 Å². The van der Waals surface area contributed by atoms with E-state index >= 15 is 0 Å². The van der Waals surface area contributed by atoms with Crippen LogP contribution in [0, 0.1) is 5.92 Å². The molecule has 0 unspecified atom stereocenters. The van der Waals surface area contributed by atoms with E-state index in [-0.39, 0.29) is 12.3 Å². The van der Waals surface area contributed by atoms with Gasteiger partial charge in [-0.1, -0.05) is 32.0 Å². The highest BCUT2D eigenvalue weighted by Crippen LogP contribution is 2.19. The van der Waals surface area contributed by atoms with Crippen LogP contribution in [0.1, 0.15) is 19.4 Å². The second-order valence-electron chi connectivity index (χ2n) is 5.54. The third kappa shape index (κ3) is 4.09. The lowest BCUT2D eigenvalue weighted by Gasteiger charge is -2.19. The van der Waals surface area contributed by atoms with Gasteiger partial charge in [-0.05, 0) is 17.5 Å². The average molecular weight is 317 g/mol. The zero-order valence-corrected chi connectivity index (χ0v) is 13.0. The number of para-hydroxylation sites is 1. The van der Waals surface area contributed by atoms with Crippen molar-refractivity contribution in [2.24, 2.45) is 11.7 Å². The second-order valence-corrected chi connectivity index (χ2v) is 5.54. The number of esters is 1. The molecule has 7 heteroatoms. The van der Waals surface area contributed by atoms with Crippen LogP contribution < -0.4 is 11.1 Å². The molecule has 1 heterocycles. The number of benzene rings is 1. The van der Waals surface area contributed by atoms with Crippen LogP contribution >= 0.6 is 0 Å². The summed E-state index contributed by atoms with van der Waals surface area (Å²) < 4.78 is 5.22. The summed E-state index contributed by atoms with van der Waals surface area (Å²) in [5.41, 5.74) is 6.62. The third-order valence-electron chi connectivity index (χ3n) is 3.38. The van der Waals surface area contributed by atoms with Gasteiger partial charge in [0.05, 0.1) is 6.42 Å². The molecule has 7 nitrogen and oxygen atoms in total. The first kappa shape index (κ1) is 16.5. The number of urea groups is 1. The SMILES string of the molecule is CC(C)[C@@H](OC(=O)Cc1c[nH]c2ccccc12)C(=O)NC(N)=O. The number of nitrogens with two attached hydrogens (primary N) is 1. The number of fused-ring (bicyclic) bond motifs is 1. The Kier molecular flexibility index (Phi) is 5.00. The number of aromatic amines is 1. The van der Waals surface area contributed by atoms with E-state index in [4.69, 9.17) is 10.5 Å². The van der Waals surface area contributed by atoms with Gasteiger partial charge in [0, 0.05) is 17.1 Å². The number of hydrogen-bond donors (Lipinski definition) is 3. The van der Waals surface area contributed by atoms with E-state index in [2.05, 4.69) is 4.98 Å². The summed E-state index contributed by atoms with van der Waals surface area (Å²) in [5, 5.41) is 2.86. The van der Waals surface area contributed by atoms with Gasteiger partial charge in [0.15, 0.2) is 6.10 Å². The molecule has 0 saturated heterocycles. The number of carbonyl (C=O) groups is 3. The van der Waals surface area contributed by atoms with Gasteiger partial charge in [-0.3, -0.25) is 14.9 Å². The molecule has 0 aliphatic heterocycles. The normalized spacial score (nSPS) is 12.1. The Balaban J connectivity index is 2.07. The number of primary amides is 1. The molecule has 23 heavy (non-hydrogen) atoms. The molecule has 1 aromatic carbocycles. The third-order valence-corrected chi connectivity index (χ3v) is 3.38. The smallest absolute Gasteiger partial charge is 0.318 e. The zero-order chi connectivity index (χ0) is 17.0. The Morgan fingerprint density at radius 2 is 1.96 bits per heavy atom. The summed E-state index contributed by atoms with van der Waals surface area (Å²) in [6.45, 7) is 3.43. The minimum atomic E-state index is -1.07. The lowest BCUT2D eigenvalue weighted by atomic mass is 10.1. The maximum absolute atomic E-state index is 12.1. The maximum atomic E-state index is 12.1. The average Bonchev–Trinajstić information content (AvgIpc) is 2.87. The van der Waals surface area contributed by atoms with Crippen molar-refractivity contribution in [2.75, 3.05) is 0 Å². The lowest BCUT2D eigenvalue weighted by Crippen LogP contribution is -2.45. The highest BCUT2D eigenvalue weighted by Gasteiger charge is 2.27. The molecule has 4 N–H and O–H groups in total. The summed E-state index contributed by atoms with van der Waals surface area (Å²) in [5.74, 6) is -1.56. The zero-order valence-electron chi connectivity index (χ0n) is 13.0. The summed E-state index contributed by atoms with van der Waals surface area (Å²) >= 11 is 0. The molecule has 1 aromatic heterocycles. The summed E-state index contributed by atoms with van der Waals surface area (Å²) in [6.07, 6.45) is 0.692. The van der Waals surface area contributed by atoms with Crippen molar-refractivity contribution in [1.29, 1.82) is 0 Å². The largest absolute Gasteiger partial charge is 0.452 e. The number of aromatic nitrogens is 1. The van der Waals surface area contributed by atoms with Crippen LogP contribution in [0.25, 0.3) is 10.9 Å². The molecule has 0 spiro atoms. The van der Waals surface area contributed by atoms with E-state index in [0.717, 1.165) is 16.5 Å². The second kappa shape index (κ2) is 6.95. The monoisotopic (exact) mass is 317 g/mol. The molecule has 2 rings (SSSR count). The first-order valence-corrected chi connectivity index (χ1v) is 7.23. The fourth-order valence-electron chi connectivity index (χ4n) is 2.30. The predicted molar refractivity (Wildman–Crippen MR) is 84.4 cm³/mol. The number of rotatable bonds is 5. The van der Waals surface area contributed by atoms with Crippen molar-refractivity contribution in [3.8, 4) is 0 Å². The van der Waals surface area contributed by atoms with E-state index in [1.807, 2.05) is 29.6 Å². The van der Waals surface area contributed by atoms with Crippen LogP contribution in [0.3, 0.4) is 0 Å². The minimum absolute atomic E-state index is 0.0249. The maximum Gasteiger partial charge on any atom is 0.318 e. The lowest BCUT2D eigenvalue weighted by molar-refractivity contribution is -0.157. The number of hydrogen-bond acceptors (Lipinski definition) is 4. The van der Waals surface area contributed by atoms with Gasteiger partial charge >= 0.3 is 12.0 Å². The molecule has 122 valence electrons. The van der Waals surface area contributed by atoms with Crippen molar-refractivity contribution in [3.63, 3.8) is 0 Å². The number of carbonyl (C=O) groups excluding carboxylic acids is 3. The minimum Gasteiger partial charge on any atom is -0.452 e. The van der Waals surface area contributed by atoms with E-state index in [0.29, 0.717) is 0 Å².